The van der Waals surface area contributed by atoms with Crippen LogP contribution in [0.2, 0.25) is 0 Å². The van der Waals surface area contributed by atoms with E-state index in [1.165, 1.54) is 0 Å². The molecule has 2 atom stereocenters. The number of amides is 3. The molecule has 1 fully saturated rings. The summed E-state index contributed by atoms with van der Waals surface area (Å²) in [5.41, 5.74) is 9.36. The van der Waals surface area contributed by atoms with Crippen molar-refractivity contribution >= 4 is 28.3 Å². The molecule has 13 nitrogen and oxygen atoms in total. The molecule has 0 radical (unpaired) electrons. The molecule has 28 heavy (non-hydrogen) atoms. The normalized spacial score (nSPS) is 17.8. The van der Waals surface area contributed by atoms with Crippen molar-refractivity contribution in [2.45, 2.75) is 51.6 Å². The predicted octanol–water partition coefficient (Wildman–Crippen LogP) is -0.673. The Morgan fingerprint density at radius 3 is 2.61 bits per heavy atom. The summed E-state index contributed by atoms with van der Waals surface area (Å²) in [7, 11) is -4.87. The molecule has 1 aliphatic rings. The van der Waals surface area contributed by atoms with Gasteiger partial charge >= 0.3 is 16.4 Å². The van der Waals surface area contributed by atoms with Gasteiger partial charge in [0.15, 0.2) is 5.96 Å². The third-order valence-corrected chi connectivity index (χ3v) is 4.51. The highest BCUT2D eigenvalue weighted by Crippen LogP contribution is 2.16. The lowest BCUT2D eigenvalue weighted by Gasteiger charge is -2.29. The van der Waals surface area contributed by atoms with E-state index in [0.29, 0.717) is 13.0 Å². The average Bonchev–Trinajstić information content (AvgIpc) is 3.08. The van der Waals surface area contributed by atoms with Gasteiger partial charge in [0, 0.05) is 13.1 Å². The van der Waals surface area contributed by atoms with Gasteiger partial charge in [0.1, 0.15) is 6.04 Å². The molecule has 0 saturated carbocycles. The highest BCUT2D eigenvalue weighted by molar-refractivity contribution is 7.80. The van der Waals surface area contributed by atoms with Crippen molar-refractivity contribution in [3.05, 3.63) is 0 Å². The molecule has 1 rings (SSSR count). The summed E-state index contributed by atoms with van der Waals surface area (Å²) < 4.78 is 33.6. The largest absolute Gasteiger partial charge is 0.418 e. The van der Waals surface area contributed by atoms with Crippen LogP contribution in [0.5, 0.6) is 0 Å². The van der Waals surface area contributed by atoms with Crippen molar-refractivity contribution in [3.63, 3.8) is 0 Å². The Kier molecular flexibility index (Phi) is 9.37. The number of hydroxylamine groups is 2. The zero-order valence-corrected chi connectivity index (χ0v) is 16.7. The highest BCUT2D eigenvalue weighted by Gasteiger charge is 2.30. The fourth-order valence-electron chi connectivity index (χ4n) is 2.96. The Morgan fingerprint density at radius 2 is 2.07 bits per heavy atom. The molecule has 14 heteroatoms. The molecule has 0 aromatic carbocycles. The fourth-order valence-corrected chi connectivity index (χ4v) is 3.13. The number of nitrogens with one attached hydrogen (secondary N) is 3. The van der Waals surface area contributed by atoms with Gasteiger partial charge < -0.3 is 15.5 Å². The van der Waals surface area contributed by atoms with E-state index in [4.69, 9.17) is 20.5 Å². The summed E-state index contributed by atoms with van der Waals surface area (Å²) >= 11 is 0. The van der Waals surface area contributed by atoms with E-state index in [2.05, 4.69) is 9.76 Å². The van der Waals surface area contributed by atoms with Gasteiger partial charge in [-0.1, -0.05) is 13.3 Å². The first-order valence-electron chi connectivity index (χ1n) is 8.85. The molecule has 1 saturated heterocycles. The third-order valence-electron chi connectivity index (χ3n) is 4.21. The predicted molar refractivity (Wildman–Crippen MR) is 98.0 cm³/mol. The summed E-state index contributed by atoms with van der Waals surface area (Å²) in [6.07, 6.45) is 2.47. The van der Waals surface area contributed by atoms with E-state index < -0.39 is 28.4 Å². The second-order valence-electron chi connectivity index (χ2n) is 6.16. The van der Waals surface area contributed by atoms with Crippen molar-refractivity contribution in [2.24, 2.45) is 5.73 Å². The number of likely N-dealkylation sites (tertiary alicyclic amines) is 1. The smallest absolute Gasteiger partial charge is 0.370 e. The van der Waals surface area contributed by atoms with Gasteiger partial charge in [-0.25, -0.2) is 10.3 Å². The molecule has 1 unspecified atom stereocenters. The van der Waals surface area contributed by atoms with Crippen LogP contribution in [0.1, 0.15) is 39.5 Å². The number of carbonyl (C=O) groups is 2. The minimum absolute atomic E-state index is 0.0612. The Balaban J connectivity index is 2.65. The van der Waals surface area contributed by atoms with E-state index >= 15 is 0 Å². The van der Waals surface area contributed by atoms with Gasteiger partial charge in [-0.15, -0.1) is 4.28 Å². The van der Waals surface area contributed by atoms with Crippen LogP contribution in [-0.4, -0.2) is 72.4 Å². The number of nitrogens with two attached hydrogens (primary N) is 1. The number of carbonyl (C=O) groups excluding carboxylic acids is 2. The number of nitrogens with zero attached hydrogens (tertiary/aromatic N) is 2. The number of urea groups is 1. The van der Waals surface area contributed by atoms with Crippen LogP contribution in [0, 0.1) is 5.41 Å². The number of guanidine groups is 1. The van der Waals surface area contributed by atoms with Crippen molar-refractivity contribution < 1.29 is 31.7 Å². The average molecular weight is 424 g/mol. The maximum absolute atomic E-state index is 12.5. The molecule has 0 aliphatic carbocycles. The molecular formula is C14H28N6O7S. The van der Waals surface area contributed by atoms with E-state index in [9.17, 15) is 18.0 Å². The van der Waals surface area contributed by atoms with Crippen LogP contribution in [0.15, 0.2) is 0 Å². The third kappa shape index (κ3) is 7.46. The summed E-state index contributed by atoms with van der Waals surface area (Å²) in [6.45, 7) is 4.24. The molecule has 0 aromatic heterocycles. The first kappa shape index (κ1) is 23.9. The quantitative estimate of drug-likeness (QED) is 0.131. The number of rotatable bonds is 10. The lowest BCUT2D eigenvalue weighted by atomic mass is 10.1. The van der Waals surface area contributed by atoms with E-state index in [0.717, 1.165) is 17.7 Å². The van der Waals surface area contributed by atoms with Gasteiger partial charge in [0.05, 0.1) is 12.6 Å². The second-order valence-corrected chi connectivity index (χ2v) is 7.18. The molecule has 0 aromatic rings. The van der Waals surface area contributed by atoms with Gasteiger partial charge in [-0.05, 0) is 26.2 Å². The Labute approximate surface area is 163 Å². The molecule has 6 N–H and O–H groups in total. The molecule has 162 valence electrons. The summed E-state index contributed by atoms with van der Waals surface area (Å²) in [5.74, 6) is -0.660. The zero-order valence-electron chi connectivity index (χ0n) is 15.9. The maximum Gasteiger partial charge on any atom is 0.418 e. The SMILES string of the molecule is CCC[C@@H](C(=O)NOCC1CCCN1C(=N)N)N(CC)C(=O)NOS(=O)(=O)O. The van der Waals surface area contributed by atoms with Gasteiger partial charge in [0.2, 0.25) is 0 Å². The number of hydrogen-bond donors (Lipinski definition) is 5. The summed E-state index contributed by atoms with van der Waals surface area (Å²) in [4.78, 5) is 32.6. The van der Waals surface area contributed by atoms with Crippen LogP contribution in [0.25, 0.3) is 0 Å². The molecule has 0 spiro atoms. The minimum atomic E-state index is -4.87. The van der Waals surface area contributed by atoms with Crippen molar-refractivity contribution in [1.29, 1.82) is 5.41 Å². The van der Waals surface area contributed by atoms with Gasteiger partial charge in [0.25, 0.3) is 5.91 Å². The van der Waals surface area contributed by atoms with Gasteiger partial charge in [-0.3, -0.25) is 19.6 Å². The number of hydrogen-bond acceptors (Lipinski definition) is 7. The van der Waals surface area contributed by atoms with E-state index in [-0.39, 0.29) is 31.6 Å². The van der Waals surface area contributed by atoms with Gasteiger partial charge in [-0.2, -0.15) is 13.9 Å². The van der Waals surface area contributed by atoms with Crippen LogP contribution in [0.4, 0.5) is 4.79 Å². The maximum atomic E-state index is 12.5. The van der Waals surface area contributed by atoms with Crippen molar-refractivity contribution in [1.82, 2.24) is 20.8 Å². The zero-order chi connectivity index (χ0) is 21.3. The Hall–Kier alpha value is -2.16. The second kappa shape index (κ2) is 11.0. The molecule has 1 aliphatic heterocycles. The standard InChI is InChI=1S/C14H28N6O7S/c1-3-6-11(19(4-2)14(22)18-27-28(23,24)25)12(21)17-26-9-10-7-5-8-20(10)13(15)16/h10-11H,3-9H2,1-2H3,(H3,15,16)(H,17,21)(H,18,22)(H,23,24,25)/t10?,11-/m0/s1. The first-order chi connectivity index (χ1) is 13.1. The Morgan fingerprint density at radius 1 is 1.39 bits per heavy atom. The summed E-state index contributed by atoms with van der Waals surface area (Å²) in [6, 6.07) is -2.09. The lowest BCUT2D eigenvalue weighted by molar-refractivity contribution is -0.139. The molecule has 0 bridgehead atoms. The van der Waals surface area contributed by atoms with Crippen molar-refractivity contribution in [2.75, 3.05) is 19.7 Å². The minimum Gasteiger partial charge on any atom is -0.370 e. The lowest BCUT2D eigenvalue weighted by Crippen LogP contribution is -2.53. The molecule has 3 amide bonds. The molecular weight excluding hydrogens is 396 g/mol. The first-order valence-corrected chi connectivity index (χ1v) is 10.2. The van der Waals surface area contributed by atoms with Crippen LogP contribution in [0.3, 0.4) is 0 Å². The van der Waals surface area contributed by atoms with Crippen LogP contribution < -0.4 is 16.7 Å². The summed E-state index contributed by atoms with van der Waals surface area (Å²) in [5, 5.41) is 7.51. The topological polar surface area (TPSA) is 187 Å². The molecule has 1 heterocycles. The Bertz CT molecular complexity index is 659. The monoisotopic (exact) mass is 424 g/mol. The van der Waals surface area contributed by atoms with Crippen molar-refractivity contribution in [3.8, 4) is 0 Å². The van der Waals surface area contributed by atoms with E-state index in [1.54, 1.807) is 17.3 Å². The van der Waals surface area contributed by atoms with E-state index in [1.807, 2.05) is 6.92 Å². The highest BCUT2D eigenvalue weighted by atomic mass is 32.3. The number of likely N-dealkylation sites (N-methyl/N-ethyl adjacent to an activating group) is 1. The van der Waals surface area contributed by atoms with Crippen LogP contribution >= 0.6 is 0 Å². The van der Waals surface area contributed by atoms with Crippen LogP contribution in [-0.2, 0) is 24.3 Å². The fraction of sp³-hybridized carbons (Fsp3) is 0.786.